The van der Waals surface area contributed by atoms with Gasteiger partial charge in [0.05, 0.1) is 29.0 Å². The van der Waals surface area contributed by atoms with Gasteiger partial charge in [-0.1, -0.05) is 101 Å². The number of thiazole rings is 1. The van der Waals surface area contributed by atoms with Gasteiger partial charge in [0.2, 0.25) is 0 Å². The second-order valence-corrected chi connectivity index (χ2v) is 15.1. The van der Waals surface area contributed by atoms with E-state index in [1.54, 1.807) is 6.92 Å². The third-order valence-corrected chi connectivity index (χ3v) is 10.1. The fourth-order valence-electron chi connectivity index (χ4n) is 5.96. The number of carbonyl (C=O) groups excluding carboxylic acids is 2. The van der Waals surface area contributed by atoms with E-state index < -0.39 is 7.15 Å². The molecular weight excluding hydrogens is 903 g/mol. The minimum absolute atomic E-state index is 0.0242. The number of halogens is 4. The predicted molar refractivity (Wildman–Crippen MR) is 239 cm³/mol. The largest absolute Gasteiger partial charge is 0.394 e. The summed E-state index contributed by atoms with van der Waals surface area (Å²) >= 11 is 15.1. The van der Waals surface area contributed by atoms with Crippen molar-refractivity contribution in [3.8, 4) is 11.3 Å². The lowest BCUT2D eigenvalue weighted by Gasteiger charge is -2.04. The van der Waals surface area contributed by atoms with E-state index in [9.17, 15) is 14.0 Å². The normalized spacial score (nSPS) is 15.0. The first kappa shape index (κ1) is 47.0. The number of nitrogens with two attached hydrogens (primary N) is 1. The molecule has 53 heavy (non-hydrogen) atoms. The molecule has 0 aliphatic heterocycles. The van der Waals surface area contributed by atoms with Crippen molar-refractivity contribution in [1.29, 1.82) is 0 Å². The van der Waals surface area contributed by atoms with Crippen molar-refractivity contribution < 1.29 is 20.1 Å². The topological polar surface area (TPSA) is 82.3 Å². The number of alkyl halides is 2. The minimum Gasteiger partial charge on any atom is -0.394 e. The highest BCUT2D eigenvalue weighted by Gasteiger charge is 2.22. The second kappa shape index (κ2) is 29.2. The van der Waals surface area contributed by atoms with Gasteiger partial charge in [-0.05, 0) is 102 Å². The molecule has 2 N–H and O–H groups in total. The van der Waals surface area contributed by atoms with Gasteiger partial charge in [0, 0.05) is 69.5 Å². The molecule has 0 radical (unpaired) electrons. The van der Waals surface area contributed by atoms with E-state index >= 15 is 0 Å². The monoisotopic (exact) mass is 955 g/mol. The Morgan fingerprint density at radius 2 is 1.30 bits per heavy atom. The molecular formula is C42H54Br3FN2O3S2. The van der Waals surface area contributed by atoms with Crippen LogP contribution in [-0.4, -0.2) is 46.7 Å². The average molecular weight is 959 g/mol. The molecule has 1 aromatic heterocycles. The Morgan fingerprint density at radius 3 is 1.87 bits per heavy atom. The first-order valence-corrected chi connectivity index (χ1v) is 23.7. The number of thiocarbonyl (C=S) groups is 1. The molecule has 5 nitrogen and oxygen atoms in total. The van der Waals surface area contributed by atoms with Crippen molar-refractivity contribution in [3.05, 3.63) is 110 Å². The molecule has 1 atom stereocenters. The summed E-state index contributed by atoms with van der Waals surface area (Å²) in [6.45, 7) is 9.44. The summed E-state index contributed by atoms with van der Waals surface area (Å²) in [6.07, 6.45) is 10.7. The number of hydrogen-bond acceptors (Lipinski definition) is 6. The first-order chi connectivity index (χ1) is 26.1. The second-order valence-electron chi connectivity index (χ2n) is 12.1. The third-order valence-electron chi connectivity index (χ3n) is 8.22. The number of aryl methyl sites for hydroxylation is 5. The van der Waals surface area contributed by atoms with Gasteiger partial charge < -0.3 is 10.5 Å². The zero-order chi connectivity index (χ0) is 40.3. The summed E-state index contributed by atoms with van der Waals surface area (Å²) < 4.78 is 20.3. The number of rotatable bonds is 2. The number of aromatic nitrogens is 1. The number of benzene rings is 3. The van der Waals surface area contributed by atoms with Crippen molar-refractivity contribution in [2.24, 2.45) is 5.73 Å². The molecule has 0 spiro atoms. The molecule has 290 valence electrons. The SMILES string of the molecule is BrBr.CC(N)=S.CCOCC.Cc1nc2c(s1)CCCc1ccccc1-2.O=C1CCCCc2ccccc21.O=C1c2ccccc2CCCC1Br.[2H]CF. The number of hydrogen-bond donors (Lipinski definition) is 1. The maximum atomic E-state index is 11.8. The summed E-state index contributed by atoms with van der Waals surface area (Å²) in [6, 6.07) is 24.6. The van der Waals surface area contributed by atoms with Crippen molar-refractivity contribution in [2.45, 2.75) is 96.7 Å². The molecule has 0 amide bonds. The van der Waals surface area contributed by atoms with E-state index in [-0.39, 0.29) is 10.6 Å². The van der Waals surface area contributed by atoms with Crippen LogP contribution in [0.2, 0.25) is 0 Å². The highest BCUT2D eigenvalue weighted by Crippen LogP contribution is 2.34. The van der Waals surface area contributed by atoms with Gasteiger partial charge in [-0.3, -0.25) is 14.0 Å². The highest BCUT2D eigenvalue weighted by molar-refractivity contribution is 9.93. The Morgan fingerprint density at radius 1 is 0.849 bits per heavy atom. The van der Waals surface area contributed by atoms with Gasteiger partial charge in [0.15, 0.2) is 11.6 Å². The van der Waals surface area contributed by atoms with E-state index in [4.69, 9.17) is 11.8 Å². The predicted octanol–water partition coefficient (Wildman–Crippen LogP) is 12.8. The zero-order valence-electron chi connectivity index (χ0n) is 32.3. The fraction of sp³-hybridized carbons (Fsp3) is 0.429. The first-order valence-electron chi connectivity index (χ1n) is 18.5. The van der Waals surface area contributed by atoms with Crippen LogP contribution < -0.4 is 5.73 Å². The number of carbonyl (C=O) groups is 2. The Bertz CT molecular complexity index is 1690. The number of ether oxygens (including phenoxy) is 1. The molecule has 0 saturated carbocycles. The van der Waals surface area contributed by atoms with E-state index in [0.717, 1.165) is 69.3 Å². The van der Waals surface area contributed by atoms with Crippen LogP contribution in [0.3, 0.4) is 0 Å². The van der Waals surface area contributed by atoms with E-state index in [1.165, 1.54) is 57.1 Å². The van der Waals surface area contributed by atoms with Crippen LogP contribution in [0.5, 0.6) is 0 Å². The summed E-state index contributed by atoms with van der Waals surface area (Å²) in [7, 11) is -1.00. The minimum atomic E-state index is -1.00. The lowest BCUT2D eigenvalue weighted by molar-refractivity contribution is 0.0977. The molecule has 11 heteroatoms. The summed E-state index contributed by atoms with van der Waals surface area (Å²) in [5.41, 5.74) is 13.2. The van der Waals surface area contributed by atoms with Crippen molar-refractivity contribution in [2.75, 3.05) is 20.4 Å². The Kier molecular flexibility index (Phi) is 25.9. The van der Waals surface area contributed by atoms with Gasteiger partial charge in [0.25, 0.3) is 0 Å². The quantitative estimate of drug-likeness (QED) is 0.122. The Hall–Kier alpha value is -2.15. The molecule has 1 unspecified atom stereocenters. The molecule has 3 aliphatic rings. The Balaban J connectivity index is 0.000000347. The van der Waals surface area contributed by atoms with Crippen LogP contribution in [-0.2, 0) is 30.4 Å². The molecule has 0 fully saturated rings. The standard InChI is InChI=1S/C13H13NS.C11H11BrO.C11H12O.C4H10O.C2H5NS.CH3F.Br2/c1-9-14-13-11-7-3-2-5-10(11)6-4-8-12(13)15-9;12-10-7-3-5-8-4-1-2-6-9(8)11(10)13;12-11-8-4-2-6-9-5-1-3-7-10(9)11;1-3-5-4-2;1-2(3)4;2*1-2/h2-3,5,7H,4,6,8H2,1H3;1-2,4,6,10H,3,5,7H2;1,3,5,7H,2,4,6,8H2;3-4H2,1-2H3;1H3,(H2,3,4);1H3;/i;;;;;1D;. The molecule has 1 heterocycles. The molecule has 3 aliphatic carbocycles. The fourth-order valence-corrected chi connectivity index (χ4v) is 7.52. The summed E-state index contributed by atoms with van der Waals surface area (Å²) in [5, 5.41) is 1.19. The van der Waals surface area contributed by atoms with Crippen LogP contribution in [0.1, 0.15) is 108 Å². The summed E-state index contributed by atoms with van der Waals surface area (Å²) in [5.74, 6) is 0.566. The van der Waals surface area contributed by atoms with E-state index in [1.807, 2.05) is 61.6 Å². The van der Waals surface area contributed by atoms with Gasteiger partial charge >= 0.3 is 0 Å². The lowest BCUT2D eigenvalue weighted by atomic mass is 10.0. The van der Waals surface area contributed by atoms with Gasteiger partial charge in [-0.25, -0.2) is 4.98 Å². The Labute approximate surface area is 351 Å². The zero-order valence-corrected chi connectivity index (χ0v) is 37.7. The molecule has 7 rings (SSSR count). The van der Waals surface area contributed by atoms with Crippen LogP contribution in [0.15, 0.2) is 72.8 Å². The average Bonchev–Trinajstić information content (AvgIpc) is 3.26. The van der Waals surface area contributed by atoms with E-state index in [0.29, 0.717) is 10.8 Å². The number of Topliss-reactive ketones (excluding diaryl/α,β-unsaturated/α-hetero) is 2. The van der Waals surface area contributed by atoms with Gasteiger partial charge in [-0.2, -0.15) is 0 Å². The van der Waals surface area contributed by atoms with Crippen molar-refractivity contribution in [1.82, 2.24) is 4.98 Å². The highest BCUT2D eigenvalue weighted by atomic mass is 80.9. The maximum absolute atomic E-state index is 11.8. The smallest absolute Gasteiger partial charge is 0.176 e. The van der Waals surface area contributed by atoms with Gasteiger partial charge in [0.1, 0.15) is 0 Å². The van der Waals surface area contributed by atoms with Crippen molar-refractivity contribution >= 4 is 84.3 Å². The van der Waals surface area contributed by atoms with E-state index in [2.05, 4.69) is 105 Å². The van der Waals surface area contributed by atoms with Crippen LogP contribution in [0.25, 0.3) is 11.3 Å². The maximum Gasteiger partial charge on any atom is 0.176 e. The van der Waals surface area contributed by atoms with Crippen LogP contribution in [0.4, 0.5) is 4.39 Å². The van der Waals surface area contributed by atoms with Gasteiger partial charge in [-0.15, -0.1) is 11.3 Å². The number of fused-ring (bicyclic) bond motifs is 5. The summed E-state index contributed by atoms with van der Waals surface area (Å²) in [4.78, 5) is 30.0. The number of ketones is 2. The van der Waals surface area contributed by atoms with Crippen LogP contribution >= 0.6 is 67.7 Å². The molecule has 0 saturated heterocycles. The molecule has 3 aromatic carbocycles. The number of nitrogens with zero attached hydrogens (tertiary/aromatic N) is 1. The lowest BCUT2D eigenvalue weighted by Crippen LogP contribution is -2.12. The van der Waals surface area contributed by atoms with Crippen LogP contribution in [0, 0.1) is 6.92 Å². The molecule has 0 bridgehead atoms. The third kappa shape index (κ3) is 17.9. The molecule has 4 aromatic rings. The van der Waals surface area contributed by atoms with Crippen molar-refractivity contribution in [3.63, 3.8) is 0 Å².